The number of ether oxygens (including phenoxy) is 6. The Bertz CT molecular complexity index is 2090. The number of allylic oxidation sites excluding steroid dienone is 1. The Labute approximate surface area is 336 Å². The summed E-state index contributed by atoms with van der Waals surface area (Å²) >= 11 is 0. The van der Waals surface area contributed by atoms with Crippen molar-refractivity contribution in [3.05, 3.63) is 144 Å². The van der Waals surface area contributed by atoms with E-state index < -0.39 is 23.9 Å². The molecule has 0 aliphatic rings. The second kappa shape index (κ2) is 23.7. The summed E-state index contributed by atoms with van der Waals surface area (Å²) in [5, 5.41) is 8.11. The lowest BCUT2D eigenvalue weighted by atomic mass is 10.1. The van der Waals surface area contributed by atoms with Gasteiger partial charge in [-0.25, -0.2) is 19.2 Å². The van der Waals surface area contributed by atoms with Gasteiger partial charge in [0.2, 0.25) is 0 Å². The molecule has 300 valence electrons. The minimum absolute atomic E-state index is 0.00792. The van der Waals surface area contributed by atoms with Crippen LogP contribution in [0, 0.1) is 0 Å². The number of hydrogen-bond donors (Lipinski definition) is 0. The van der Waals surface area contributed by atoms with Gasteiger partial charge in [0.25, 0.3) is 0 Å². The van der Waals surface area contributed by atoms with Gasteiger partial charge >= 0.3 is 23.9 Å². The van der Waals surface area contributed by atoms with Crippen LogP contribution in [0.3, 0.4) is 0 Å². The van der Waals surface area contributed by atoms with Crippen LogP contribution in [0.25, 0.3) is 0 Å². The predicted octanol–water partition coefficient (Wildman–Crippen LogP) is 7.95. The number of unbranched alkanes of at least 4 members (excludes halogenated alkanes) is 3. The first kappa shape index (κ1) is 43.6. The molecule has 4 aromatic rings. The molecule has 0 bridgehead atoms. The van der Waals surface area contributed by atoms with Crippen LogP contribution in [0.4, 0.5) is 0 Å². The molecule has 0 saturated heterocycles. The van der Waals surface area contributed by atoms with Gasteiger partial charge in [0.15, 0.2) is 5.78 Å². The van der Waals surface area contributed by atoms with Crippen molar-refractivity contribution in [3.63, 3.8) is 0 Å². The van der Waals surface area contributed by atoms with Crippen LogP contribution < -0.4 is 18.9 Å². The Balaban J connectivity index is 1.24. The predicted molar refractivity (Wildman–Crippen MR) is 217 cm³/mol. The zero-order valence-corrected chi connectivity index (χ0v) is 32.1. The number of carbonyl (C=O) groups excluding carboxylic acids is 5. The molecule has 0 aromatic heterocycles. The zero-order chi connectivity index (χ0) is 41.5. The molecular formula is C45H44N2O11. The monoisotopic (exact) mass is 788 g/mol. The smallest absolute Gasteiger partial charge is 0.343 e. The third-order valence-electron chi connectivity index (χ3n) is 8.14. The van der Waals surface area contributed by atoms with Gasteiger partial charge in [0, 0.05) is 12.5 Å². The second-order valence-corrected chi connectivity index (χ2v) is 12.4. The molecule has 0 aliphatic heterocycles. The molecule has 13 heteroatoms. The standard InChI is InChI=1S/C45H44N2O11/c1-4-36(48)11-7-6-8-26-54-37-23-17-35(18-24-37)44(51)58-41-25-14-33(29-40(41)45(52)53-3)31-47-46-30-32-12-19-39(20-13-32)57-43(50)34-15-21-38(22-16-34)55-27-9-10-28-56-42(49)5-2/h4-5,12-25,29-31H,1-2,6-11,26-28H2,3H3/b46-30+,47-31+. The molecule has 0 N–H and O–H groups in total. The molecule has 0 unspecified atom stereocenters. The lowest BCUT2D eigenvalue weighted by Gasteiger charge is -2.10. The first-order valence-corrected chi connectivity index (χ1v) is 18.4. The number of rotatable bonds is 23. The van der Waals surface area contributed by atoms with Crippen LogP contribution in [0.2, 0.25) is 0 Å². The number of carbonyl (C=O) groups is 5. The SMILES string of the molecule is C=CC(=O)CCCCCOc1ccc(C(=O)Oc2ccc(/C=N/N=C/c3ccc(OC(=O)c4ccc(OCCCCOC(=O)C=C)cc4)cc3)cc2C(=O)OC)cc1. The van der Waals surface area contributed by atoms with E-state index in [0.29, 0.717) is 73.0 Å². The Hall–Kier alpha value is -7.15. The highest BCUT2D eigenvalue weighted by Gasteiger charge is 2.18. The summed E-state index contributed by atoms with van der Waals surface area (Å²) in [4.78, 5) is 60.5. The summed E-state index contributed by atoms with van der Waals surface area (Å²) in [6.07, 6.45) is 9.58. The van der Waals surface area contributed by atoms with Crippen LogP contribution in [-0.4, -0.2) is 69.0 Å². The molecule has 0 atom stereocenters. The minimum Gasteiger partial charge on any atom is -0.494 e. The van der Waals surface area contributed by atoms with Gasteiger partial charge in [-0.3, -0.25) is 4.79 Å². The van der Waals surface area contributed by atoms with E-state index in [1.807, 2.05) is 0 Å². The first-order valence-electron chi connectivity index (χ1n) is 18.4. The lowest BCUT2D eigenvalue weighted by molar-refractivity contribution is -0.137. The number of esters is 4. The molecule has 0 fully saturated rings. The fourth-order valence-electron chi connectivity index (χ4n) is 5.00. The molecule has 0 heterocycles. The Morgan fingerprint density at radius 3 is 1.69 bits per heavy atom. The summed E-state index contributed by atoms with van der Waals surface area (Å²) < 4.78 is 32.2. The molecule has 0 amide bonds. The molecule has 4 aromatic carbocycles. The van der Waals surface area contributed by atoms with E-state index in [0.717, 1.165) is 25.3 Å². The van der Waals surface area contributed by atoms with E-state index in [1.165, 1.54) is 37.7 Å². The van der Waals surface area contributed by atoms with Crippen molar-refractivity contribution in [3.8, 4) is 23.0 Å². The molecule has 0 aliphatic carbocycles. The maximum absolute atomic E-state index is 12.9. The van der Waals surface area contributed by atoms with Crippen LogP contribution in [0.5, 0.6) is 23.0 Å². The van der Waals surface area contributed by atoms with Crippen LogP contribution in [-0.2, 0) is 19.1 Å². The summed E-state index contributed by atoms with van der Waals surface area (Å²) in [5.74, 6) is -0.821. The van der Waals surface area contributed by atoms with Gasteiger partial charge in [0.05, 0.1) is 50.5 Å². The van der Waals surface area contributed by atoms with Gasteiger partial charge in [-0.05, 0) is 140 Å². The van der Waals surface area contributed by atoms with Crippen molar-refractivity contribution in [2.24, 2.45) is 10.2 Å². The molecule has 58 heavy (non-hydrogen) atoms. The number of hydrogen-bond acceptors (Lipinski definition) is 13. The topological polar surface area (TPSA) is 165 Å². The molecule has 0 saturated carbocycles. The normalized spacial score (nSPS) is 10.8. The molecule has 4 rings (SSSR count). The van der Waals surface area contributed by atoms with Crippen molar-refractivity contribution in [2.45, 2.75) is 38.5 Å². The zero-order valence-electron chi connectivity index (χ0n) is 32.1. The quantitative estimate of drug-likeness (QED) is 0.0179. The van der Waals surface area contributed by atoms with Crippen molar-refractivity contribution in [1.82, 2.24) is 0 Å². The minimum atomic E-state index is -0.708. The van der Waals surface area contributed by atoms with Gasteiger partial charge in [-0.15, -0.1) is 0 Å². The summed E-state index contributed by atoms with van der Waals surface area (Å²) in [6.45, 7) is 8.01. The number of benzene rings is 4. The lowest BCUT2D eigenvalue weighted by Crippen LogP contribution is -2.12. The summed E-state index contributed by atoms with van der Waals surface area (Å²) in [7, 11) is 1.22. The van der Waals surface area contributed by atoms with Crippen LogP contribution >= 0.6 is 0 Å². The fourth-order valence-corrected chi connectivity index (χ4v) is 5.00. The Kier molecular flexibility index (Phi) is 17.8. The van der Waals surface area contributed by atoms with E-state index in [9.17, 15) is 24.0 Å². The van der Waals surface area contributed by atoms with Gasteiger partial charge in [0.1, 0.15) is 28.6 Å². The first-order chi connectivity index (χ1) is 28.2. The van der Waals surface area contributed by atoms with E-state index in [1.54, 1.807) is 78.9 Å². The van der Waals surface area contributed by atoms with E-state index in [-0.39, 0.29) is 22.7 Å². The third kappa shape index (κ3) is 14.8. The fraction of sp³-hybridized carbons (Fsp3) is 0.222. The van der Waals surface area contributed by atoms with Gasteiger partial charge < -0.3 is 28.4 Å². The van der Waals surface area contributed by atoms with E-state index in [4.69, 9.17) is 28.4 Å². The maximum Gasteiger partial charge on any atom is 0.343 e. The van der Waals surface area contributed by atoms with E-state index >= 15 is 0 Å². The van der Waals surface area contributed by atoms with Crippen molar-refractivity contribution >= 4 is 42.1 Å². The average molecular weight is 789 g/mol. The third-order valence-corrected chi connectivity index (χ3v) is 8.14. The Morgan fingerprint density at radius 2 is 1.10 bits per heavy atom. The summed E-state index contributed by atoms with van der Waals surface area (Å²) in [6, 6.07) is 24.2. The highest BCUT2D eigenvalue weighted by molar-refractivity contribution is 5.98. The highest BCUT2D eigenvalue weighted by Crippen LogP contribution is 2.23. The maximum atomic E-state index is 12.9. The van der Waals surface area contributed by atoms with Gasteiger partial charge in [-0.2, -0.15) is 10.2 Å². The van der Waals surface area contributed by atoms with Crippen LogP contribution in [0.1, 0.15) is 80.7 Å². The van der Waals surface area contributed by atoms with Crippen molar-refractivity contribution in [1.29, 1.82) is 0 Å². The number of ketones is 1. The molecular weight excluding hydrogens is 744 g/mol. The highest BCUT2D eigenvalue weighted by atomic mass is 16.5. The van der Waals surface area contributed by atoms with Gasteiger partial charge in [-0.1, -0.05) is 13.2 Å². The largest absolute Gasteiger partial charge is 0.494 e. The second-order valence-electron chi connectivity index (χ2n) is 12.4. The average Bonchev–Trinajstić information content (AvgIpc) is 3.25. The Morgan fingerprint density at radius 1 is 0.569 bits per heavy atom. The van der Waals surface area contributed by atoms with Crippen molar-refractivity contribution < 1.29 is 52.4 Å². The molecule has 13 nitrogen and oxygen atoms in total. The summed E-state index contributed by atoms with van der Waals surface area (Å²) in [5.41, 5.74) is 1.80. The molecule has 0 spiro atoms. The number of nitrogens with zero attached hydrogens (tertiary/aromatic N) is 2. The number of methoxy groups -OCH3 is 1. The molecule has 0 radical (unpaired) electrons. The van der Waals surface area contributed by atoms with Crippen molar-refractivity contribution in [2.75, 3.05) is 26.9 Å². The van der Waals surface area contributed by atoms with Crippen LogP contribution in [0.15, 0.2) is 127 Å². The van der Waals surface area contributed by atoms with E-state index in [2.05, 4.69) is 23.4 Å².